The lowest BCUT2D eigenvalue weighted by atomic mass is 9.79. The fourth-order valence-electron chi connectivity index (χ4n) is 2.99. The Bertz CT molecular complexity index is 475. The van der Waals surface area contributed by atoms with Gasteiger partial charge in [0, 0.05) is 0 Å². The fraction of sp³-hybridized carbons (Fsp3) is 0.625. The van der Waals surface area contributed by atoms with Gasteiger partial charge in [-0.15, -0.1) is 0 Å². The maximum Gasteiger partial charge on any atom is 0.414 e. The minimum Gasteiger partial charge on any atom is -0.364 e. The standard InChI is InChI=1S/C16H22F3NO/c1-4-20-15-13-8-6-5-7-12(13)10(2)9-14(15)21-11(3)16(17,18)19/h5-8,10-11,14-15,20H,4,9H2,1-3H3. The molecule has 2 rings (SSSR count). The molecule has 0 radical (unpaired) electrons. The number of halogens is 3. The first-order valence-corrected chi connectivity index (χ1v) is 7.39. The van der Waals surface area contributed by atoms with E-state index >= 15 is 0 Å². The van der Waals surface area contributed by atoms with Crippen molar-refractivity contribution < 1.29 is 17.9 Å². The summed E-state index contributed by atoms with van der Waals surface area (Å²) in [5.74, 6) is 0.196. The van der Waals surface area contributed by atoms with Crippen molar-refractivity contribution in [2.75, 3.05) is 6.54 Å². The van der Waals surface area contributed by atoms with Gasteiger partial charge in [0.05, 0.1) is 12.1 Å². The van der Waals surface area contributed by atoms with Gasteiger partial charge < -0.3 is 10.1 Å². The third-order valence-electron chi connectivity index (χ3n) is 4.08. The van der Waals surface area contributed by atoms with E-state index in [4.69, 9.17) is 4.74 Å². The zero-order valence-corrected chi connectivity index (χ0v) is 12.6. The number of alkyl halides is 3. The number of benzene rings is 1. The highest BCUT2D eigenvalue weighted by Gasteiger charge is 2.42. The summed E-state index contributed by atoms with van der Waals surface area (Å²) in [6.45, 7) is 5.75. The lowest BCUT2D eigenvalue weighted by Crippen LogP contribution is -2.43. The molecule has 0 aliphatic heterocycles. The number of rotatable bonds is 4. The third kappa shape index (κ3) is 3.58. The van der Waals surface area contributed by atoms with Crippen LogP contribution in [0.15, 0.2) is 24.3 Å². The maximum atomic E-state index is 12.8. The Hall–Kier alpha value is -1.07. The third-order valence-corrected chi connectivity index (χ3v) is 4.08. The topological polar surface area (TPSA) is 21.3 Å². The van der Waals surface area contributed by atoms with Crippen molar-refractivity contribution in [3.63, 3.8) is 0 Å². The Kier molecular flexibility index (Phi) is 4.94. The molecule has 1 aliphatic carbocycles. The quantitative estimate of drug-likeness (QED) is 0.901. The van der Waals surface area contributed by atoms with Gasteiger partial charge >= 0.3 is 6.18 Å². The number of hydrogen-bond donors (Lipinski definition) is 1. The Balaban J connectivity index is 2.26. The van der Waals surface area contributed by atoms with Gasteiger partial charge in [-0.1, -0.05) is 38.1 Å². The SMILES string of the molecule is CCNC1c2ccccc2C(C)CC1OC(C)C(F)(F)F. The molecule has 1 aromatic carbocycles. The van der Waals surface area contributed by atoms with E-state index in [1.165, 1.54) is 5.56 Å². The Morgan fingerprint density at radius 3 is 2.48 bits per heavy atom. The molecule has 1 N–H and O–H groups in total. The van der Waals surface area contributed by atoms with Crippen LogP contribution in [0.2, 0.25) is 0 Å². The Morgan fingerprint density at radius 2 is 1.90 bits per heavy atom. The average molecular weight is 301 g/mol. The predicted octanol–water partition coefficient (Wildman–Crippen LogP) is 4.18. The van der Waals surface area contributed by atoms with E-state index in [1.807, 2.05) is 38.1 Å². The van der Waals surface area contributed by atoms with Crippen molar-refractivity contribution in [3.05, 3.63) is 35.4 Å². The summed E-state index contributed by atoms with van der Waals surface area (Å²) in [4.78, 5) is 0. The van der Waals surface area contributed by atoms with Crippen LogP contribution in [-0.2, 0) is 4.74 Å². The molecule has 118 valence electrons. The van der Waals surface area contributed by atoms with E-state index in [1.54, 1.807) is 0 Å². The molecule has 0 amide bonds. The second-order valence-corrected chi connectivity index (χ2v) is 5.66. The number of likely N-dealkylation sites (N-methyl/N-ethyl adjacent to an activating group) is 1. The minimum atomic E-state index is -4.32. The minimum absolute atomic E-state index is 0.188. The van der Waals surface area contributed by atoms with Crippen molar-refractivity contribution >= 4 is 0 Å². The first kappa shape index (κ1) is 16.3. The summed E-state index contributed by atoms with van der Waals surface area (Å²) >= 11 is 0. The van der Waals surface area contributed by atoms with E-state index < -0.39 is 18.4 Å². The van der Waals surface area contributed by atoms with Crippen molar-refractivity contribution in [1.29, 1.82) is 0 Å². The van der Waals surface area contributed by atoms with Gasteiger partial charge in [-0.3, -0.25) is 0 Å². The summed E-state index contributed by atoms with van der Waals surface area (Å²) in [7, 11) is 0. The molecule has 4 atom stereocenters. The van der Waals surface area contributed by atoms with E-state index in [0.29, 0.717) is 13.0 Å². The summed E-state index contributed by atoms with van der Waals surface area (Å²) in [5.41, 5.74) is 2.25. The van der Waals surface area contributed by atoms with E-state index in [0.717, 1.165) is 12.5 Å². The molecule has 0 saturated heterocycles. The zero-order chi connectivity index (χ0) is 15.6. The van der Waals surface area contributed by atoms with Crippen LogP contribution < -0.4 is 5.32 Å². The highest BCUT2D eigenvalue weighted by Crippen LogP contribution is 2.40. The lowest BCUT2D eigenvalue weighted by Gasteiger charge is -2.38. The second-order valence-electron chi connectivity index (χ2n) is 5.66. The molecule has 0 fully saturated rings. The molecule has 21 heavy (non-hydrogen) atoms. The molecule has 1 aliphatic rings. The smallest absolute Gasteiger partial charge is 0.364 e. The molecule has 0 aromatic heterocycles. The molecule has 5 heteroatoms. The number of fused-ring (bicyclic) bond motifs is 1. The van der Waals surface area contributed by atoms with Crippen LogP contribution in [0.1, 0.15) is 50.3 Å². The van der Waals surface area contributed by atoms with Crippen LogP contribution in [0.5, 0.6) is 0 Å². The number of hydrogen-bond acceptors (Lipinski definition) is 2. The van der Waals surface area contributed by atoms with Crippen molar-refractivity contribution in [3.8, 4) is 0 Å². The maximum absolute atomic E-state index is 12.8. The fourth-order valence-corrected chi connectivity index (χ4v) is 2.99. The predicted molar refractivity (Wildman–Crippen MR) is 76.3 cm³/mol. The van der Waals surface area contributed by atoms with E-state index in [9.17, 15) is 13.2 Å². The van der Waals surface area contributed by atoms with Crippen LogP contribution in [0, 0.1) is 0 Å². The molecule has 0 bridgehead atoms. The molecule has 0 saturated carbocycles. The summed E-state index contributed by atoms with van der Waals surface area (Å²) in [6.07, 6.45) is -5.95. The molecular weight excluding hydrogens is 279 g/mol. The molecule has 4 unspecified atom stereocenters. The molecule has 1 aromatic rings. The average Bonchev–Trinajstić information content (AvgIpc) is 2.42. The van der Waals surface area contributed by atoms with Gasteiger partial charge in [0.2, 0.25) is 0 Å². The largest absolute Gasteiger partial charge is 0.414 e. The van der Waals surface area contributed by atoms with E-state index in [2.05, 4.69) is 5.32 Å². The Morgan fingerprint density at radius 1 is 1.29 bits per heavy atom. The van der Waals surface area contributed by atoms with Crippen molar-refractivity contribution in [1.82, 2.24) is 5.32 Å². The Labute approximate surface area is 123 Å². The molecule has 2 nitrogen and oxygen atoms in total. The monoisotopic (exact) mass is 301 g/mol. The van der Waals surface area contributed by atoms with Crippen molar-refractivity contribution in [2.45, 2.75) is 57.5 Å². The first-order valence-electron chi connectivity index (χ1n) is 7.39. The molecule has 0 heterocycles. The highest BCUT2D eigenvalue weighted by molar-refractivity contribution is 5.36. The summed E-state index contributed by atoms with van der Waals surface area (Å²) in [5, 5.41) is 3.28. The van der Waals surface area contributed by atoms with Gasteiger partial charge in [0.25, 0.3) is 0 Å². The zero-order valence-electron chi connectivity index (χ0n) is 12.6. The normalized spacial score (nSPS) is 27.2. The van der Waals surface area contributed by atoms with Crippen LogP contribution in [0.4, 0.5) is 13.2 Å². The van der Waals surface area contributed by atoms with Crippen LogP contribution in [-0.4, -0.2) is 24.9 Å². The molecular formula is C16H22F3NO. The first-order chi connectivity index (χ1) is 9.84. The second kappa shape index (κ2) is 6.36. The van der Waals surface area contributed by atoms with E-state index in [-0.39, 0.29) is 12.0 Å². The van der Waals surface area contributed by atoms with Gasteiger partial charge in [0.15, 0.2) is 6.10 Å². The van der Waals surface area contributed by atoms with Crippen LogP contribution in [0.3, 0.4) is 0 Å². The van der Waals surface area contributed by atoms with Crippen molar-refractivity contribution in [2.24, 2.45) is 0 Å². The summed E-state index contributed by atoms with van der Waals surface area (Å²) < 4.78 is 43.7. The van der Waals surface area contributed by atoms with Gasteiger partial charge in [0.1, 0.15) is 0 Å². The number of ether oxygens (including phenoxy) is 1. The van der Waals surface area contributed by atoms with Crippen LogP contribution >= 0.6 is 0 Å². The highest BCUT2D eigenvalue weighted by atomic mass is 19.4. The summed E-state index contributed by atoms with van der Waals surface area (Å²) in [6, 6.07) is 7.73. The number of nitrogens with one attached hydrogen (secondary N) is 1. The molecule has 0 spiro atoms. The van der Waals surface area contributed by atoms with Gasteiger partial charge in [-0.05, 0) is 36.9 Å². The van der Waals surface area contributed by atoms with Gasteiger partial charge in [-0.2, -0.15) is 13.2 Å². The van der Waals surface area contributed by atoms with Gasteiger partial charge in [-0.25, -0.2) is 0 Å². The lowest BCUT2D eigenvalue weighted by molar-refractivity contribution is -0.231. The van der Waals surface area contributed by atoms with Crippen LogP contribution in [0.25, 0.3) is 0 Å².